The van der Waals surface area contributed by atoms with Crippen molar-refractivity contribution in [3.63, 3.8) is 0 Å². The van der Waals surface area contributed by atoms with Crippen molar-refractivity contribution in [3.05, 3.63) is 81.3 Å². The van der Waals surface area contributed by atoms with Gasteiger partial charge in [0.2, 0.25) is 0 Å². The van der Waals surface area contributed by atoms with Gasteiger partial charge in [0.15, 0.2) is 11.5 Å². The van der Waals surface area contributed by atoms with E-state index in [1.165, 1.54) is 29.2 Å². The number of fused-ring (bicyclic) bond motifs is 1. The molecule has 1 N–H and O–H groups in total. The van der Waals surface area contributed by atoms with Gasteiger partial charge in [-0.1, -0.05) is 18.2 Å². The van der Waals surface area contributed by atoms with Crippen LogP contribution in [0.3, 0.4) is 0 Å². The number of benzene rings is 1. The van der Waals surface area contributed by atoms with Crippen molar-refractivity contribution in [2.24, 2.45) is 0 Å². The van der Waals surface area contributed by atoms with Gasteiger partial charge in [-0.05, 0) is 19.9 Å². The maximum Gasteiger partial charge on any atom is 0.279 e. The average molecular weight is 554 g/mol. The molecule has 40 heavy (non-hydrogen) atoms. The summed E-state index contributed by atoms with van der Waals surface area (Å²) < 4.78 is 63.0. The van der Waals surface area contributed by atoms with Crippen molar-refractivity contribution in [2.45, 2.75) is 26.3 Å². The molecule has 1 atom stereocenters. The molecular weight excluding hydrogens is 530 g/mol. The zero-order chi connectivity index (χ0) is 28.6. The van der Waals surface area contributed by atoms with E-state index >= 15 is 0 Å². The van der Waals surface area contributed by atoms with Gasteiger partial charge in [0.05, 0.1) is 54.4 Å². The number of nitrogens with zero attached hydrogens (tertiary/aromatic N) is 6. The SMILES string of the molecule is Cc1nc(N[C@H](C)c2cccc(C(F)F)c2F)c2cn(N3CCOCC3)c(=O)c(-c3cnc(C#N)c(F)c3)c2n1. The molecule has 0 spiro atoms. The summed E-state index contributed by atoms with van der Waals surface area (Å²) in [6.07, 6.45) is -0.235. The van der Waals surface area contributed by atoms with Gasteiger partial charge < -0.3 is 15.1 Å². The van der Waals surface area contributed by atoms with Crippen molar-refractivity contribution in [1.29, 1.82) is 5.26 Å². The number of rotatable bonds is 6. The van der Waals surface area contributed by atoms with E-state index in [4.69, 9.17) is 10.00 Å². The van der Waals surface area contributed by atoms with Crippen LogP contribution in [0.2, 0.25) is 0 Å². The summed E-state index contributed by atoms with van der Waals surface area (Å²) >= 11 is 0. The number of ether oxygens (including phenoxy) is 1. The minimum atomic E-state index is -2.98. The molecule has 206 valence electrons. The molecule has 0 aliphatic carbocycles. The number of aryl methyl sites for hydroxylation is 1. The van der Waals surface area contributed by atoms with Crippen LogP contribution in [0.4, 0.5) is 23.4 Å². The van der Waals surface area contributed by atoms with E-state index in [0.717, 1.165) is 12.1 Å². The topological polar surface area (TPSA) is 109 Å². The maximum absolute atomic E-state index is 14.9. The molecule has 1 saturated heterocycles. The second-order valence-corrected chi connectivity index (χ2v) is 9.18. The number of hydrogen-bond acceptors (Lipinski definition) is 8. The summed E-state index contributed by atoms with van der Waals surface area (Å²) in [5.74, 6) is -1.47. The Kier molecular flexibility index (Phi) is 7.36. The Balaban J connectivity index is 1.72. The number of morpholine rings is 1. The van der Waals surface area contributed by atoms with Crippen LogP contribution >= 0.6 is 0 Å². The van der Waals surface area contributed by atoms with Gasteiger partial charge in [0, 0.05) is 23.5 Å². The molecule has 1 aliphatic rings. The van der Waals surface area contributed by atoms with E-state index in [-0.39, 0.29) is 33.8 Å². The molecule has 0 unspecified atom stereocenters. The lowest BCUT2D eigenvalue weighted by Crippen LogP contribution is -2.49. The molecule has 4 aromatic rings. The summed E-state index contributed by atoms with van der Waals surface area (Å²) in [7, 11) is 0. The number of pyridine rings is 2. The van der Waals surface area contributed by atoms with E-state index in [2.05, 4.69) is 20.3 Å². The first kappa shape index (κ1) is 27.0. The smallest absolute Gasteiger partial charge is 0.279 e. The Morgan fingerprint density at radius 1 is 1.15 bits per heavy atom. The Bertz CT molecular complexity index is 1700. The van der Waals surface area contributed by atoms with Crippen LogP contribution in [0.25, 0.3) is 22.0 Å². The molecule has 0 amide bonds. The fourth-order valence-corrected chi connectivity index (χ4v) is 4.65. The van der Waals surface area contributed by atoms with E-state index in [1.54, 1.807) is 24.9 Å². The summed E-state index contributed by atoms with van der Waals surface area (Å²) in [6.45, 7) is 4.71. The van der Waals surface area contributed by atoms with Crippen LogP contribution in [-0.4, -0.2) is 45.9 Å². The van der Waals surface area contributed by atoms with Gasteiger partial charge in [-0.15, -0.1) is 0 Å². The summed E-state index contributed by atoms with van der Waals surface area (Å²) in [5.41, 5.74) is -1.35. The zero-order valence-electron chi connectivity index (χ0n) is 21.5. The molecule has 1 aliphatic heterocycles. The fraction of sp³-hybridized carbons (Fsp3) is 0.296. The van der Waals surface area contributed by atoms with Crippen molar-refractivity contribution in [2.75, 3.05) is 36.6 Å². The summed E-state index contributed by atoms with van der Waals surface area (Å²) in [4.78, 5) is 26.6. The molecule has 1 aromatic carbocycles. The molecule has 0 saturated carbocycles. The standard InChI is InChI=1S/C27H23F4N7O2/c1-14(17-4-3-5-18(23(17)29)25(30)31)34-26-19-13-38(37-6-8-40-9-7-37)27(39)22(24(19)35-15(2)36-26)16-10-20(28)21(11-32)33-12-16/h3-5,10,12-14,25H,6-9H2,1-2H3,(H,34,35,36)/t14-/m1/s1. The molecular formula is C27H23F4N7O2. The lowest BCUT2D eigenvalue weighted by atomic mass is 10.0. The van der Waals surface area contributed by atoms with Crippen LogP contribution in [0.1, 0.15) is 42.0 Å². The third kappa shape index (κ3) is 4.93. The summed E-state index contributed by atoms with van der Waals surface area (Å²) in [5, 5.41) is 14.3. The van der Waals surface area contributed by atoms with Crippen LogP contribution in [0, 0.1) is 29.9 Å². The van der Waals surface area contributed by atoms with Crippen LogP contribution in [-0.2, 0) is 4.74 Å². The molecule has 0 bridgehead atoms. The molecule has 9 nitrogen and oxygen atoms in total. The van der Waals surface area contributed by atoms with E-state index < -0.39 is 40.9 Å². The Hall–Kier alpha value is -4.57. The first-order valence-electron chi connectivity index (χ1n) is 12.4. The highest BCUT2D eigenvalue weighted by Crippen LogP contribution is 2.32. The van der Waals surface area contributed by atoms with Gasteiger partial charge in [0.1, 0.15) is 23.5 Å². The minimum absolute atomic E-state index is 0.00213. The van der Waals surface area contributed by atoms with E-state index in [1.807, 2.05) is 0 Å². The maximum atomic E-state index is 14.9. The lowest BCUT2D eigenvalue weighted by Gasteiger charge is -2.31. The number of halogens is 4. The average Bonchev–Trinajstić information content (AvgIpc) is 2.93. The monoisotopic (exact) mass is 553 g/mol. The third-order valence-electron chi connectivity index (χ3n) is 6.61. The van der Waals surface area contributed by atoms with Crippen molar-refractivity contribution in [1.82, 2.24) is 19.6 Å². The van der Waals surface area contributed by atoms with Crippen molar-refractivity contribution >= 4 is 16.7 Å². The molecule has 4 heterocycles. The molecule has 1 fully saturated rings. The van der Waals surface area contributed by atoms with Gasteiger partial charge in [-0.2, -0.15) is 5.26 Å². The lowest BCUT2D eigenvalue weighted by molar-refractivity contribution is 0.111. The summed E-state index contributed by atoms with van der Waals surface area (Å²) in [6, 6.07) is 5.67. The largest absolute Gasteiger partial charge is 0.378 e. The van der Waals surface area contributed by atoms with Crippen LogP contribution in [0.15, 0.2) is 41.5 Å². The van der Waals surface area contributed by atoms with Crippen LogP contribution < -0.4 is 15.9 Å². The Labute approximate surface area is 225 Å². The predicted molar refractivity (Wildman–Crippen MR) is 139 cm³/mol. The van der Waals surface area contributed by atoms with Crippen LogP contribution in [0.5, 0.6) is 0 Å². The van der Waals surface area contributed by atoms with Gasteiger partial charge in [-0.25, -0.2) is 37.2 Å². The number of nitriles is 1. The van der Waals surface area contributed by atoms with Gasteiger partial charge in [-0.3, -0.25) is 4.79 Å². The highest BCUT2D eigenvalue weighted by atomic mass is 19.3. The number of hydrogen-bond donors (Lipinski definition) is 1. The number of nitrogens with one attached hydrogen (secondary N) is 1. The number of anilines is 1. The molecule has 5 rings (SSSR count). The second kappa shape index (κ2) is 10.9. The molecule has 3 aromatic heterocycles. The van der Waals surface area contributed by atoms with E-state index in [9.17, 15) is 22.4 Å². The fourth-order valence-electron chi connectivity index (χ4n) is 4.65. The normalized spacial score (nSPS) is 14.4. The highest BCUT2D eigenvalue weighted by molar-refractivity contribution is 5.98. The number of aromatic nitrogens is 4. The number of alkyl halides is 2. The second-order valence-electron chi connectivity index (χ2n) is 9.18. The highest BCUT2D eigenvalue weighted by Gasteiger charge is 2.24. The van der Waals surface area contributed by atoms with Crippen molar-refractivity contribution in [3.8, 4) is 17.2 Å². The first-order valence-corrected chi connectivity index (χ1v) is 12.4. The Morgan fingerprint density at radius 3 is 2.55 bits per heavy atom. The zero-order valence-corrected chi connectivity index (χ0v) is 21.5. The predicted octanol–water partition coefficient (Wildman–Crippen LogP) is 4.39. The van der Waals surface area contributed by atoms with E-state index in [0.29, 0.717) is 31.7 Å². The van der Waals surface area contributed by atoms with Gasteiger partial charge in [0.25, 0.3) is 12.0 Å². The van der Waals surface area contributed by atoms with Gasteiger partial charge >= 0.3 is 0 Å². The molecule has 13 heteroatoms. The third-order valence-corrected chi connectivity index (χ3v) is 6.61. The molecule has 0 radical (unpaired) electrons. The minimum Gasteiger partial charge on any atom is -0.378 e. The first-order chi connectivity index (χ1) is 19.2. The quantitative estimate of drug-likeness (QED) is 0.350. The van der Waals surface area contributed by atoms with Crippen molar-refractivity contribution < 1.29 is 22.3 Å². The Morgan fingerprint density at radius 2 is 1.88 bits per heavy atom.